The molecular weight excluding hydrogens is 258 g/mol. The lowest BCUT2D eigenvalue weighted by atomic mass is 10.3. The lowest BCUT2D eigenvalue weighted by Crippen LogP contribution is -2.00. The van der Waals surface area contributed by atoms with Crippen LogP contribution in [0.2, 0.25) is 4.34 Å². The molecule has 3 nitrogen and oxygen atoms in total. The van der Waals surface area contributed by atoms with Gasteiger partial charge in [-0.1, -0.05) is 11.6 Å². The number of halogens is 1. The maximum atomic E-state index is 9.18. The van der Waals surface area contributed by atoms with E-state index in [1.165, 1.54) is 11.3 Å². The minimum Gasteiger partial charge on any atom is -0.486 e. The molecule has 0 aromatic carbocycles. The van der Waals surface area contributed by atoms with Crippen LogP contribution in [-0.2, 0) is 13.2 Å². The minimum atomic E-state index is -0.123. The fourth-order valence-corrected chi connectivity index (χ4v) is 2.42. The molecule has 0 unspecified atom stereocenters. The number of aliphatic hydroxyl groups excluding tert-OH is 1. The molecule has 0 saturated heterocycles. The Morgan fingerprint density at radius 3 is 2.82 bits per heavy atom. The standard InChI is InChI=1S/C12H12ClNO2S/c1-8-2-4-11(10(6-15)14-8)16-7-9-3-5-12(13)17-9/h2-5,15H,6-7H2,1H3. The molecule has 0 aliphatic carbocycles. The molecule has 90 valence electrons. The highest BCUT2D eigenvalue weighted by Crippen LogP contribution is 2.24. The first-order valence-corrected chi connectivity index (χ1v) is 6.33. The zero-order valence-electron chi connectivity index (χ0n) is 9.31. The predicted octanol–water partition coefficient (Wildman–Crippen LogP) is 3.18. The number of hydrogen-bond acceptors (Lipinski definition) is 4. The van der Waals surface area contributed by atoms with Gasteiger partial charge in [0.1, 0.15) is 18.1 Å². The van der Waals surface area contributed by atoms with Crippen LogP contribution in [0.5, 0.6) is 5.75 Å². The Bertz CT molecular complexity index is 513. The van der Waals surface area contributed by atoms with E-state index in [1.54, 1.807) is 0 Å². The molecule has 2 aromatic rings. The number of ether oxygens (including phenoxy) is 1. The predicted molar refractivity (Wildman–Crippen MR) is 68.6 cm³/mol. The summed E-state index contributed by atoms with van der Waals surface area (Å²) in [5.41, 5.74) is 1.42. The normalized spacial score (nSPS) is 10.5. The lowest BCUT2D eigenvalue weighted by molar-refractivity contribution is 0.254. The summed E-state index contributed by atoms with van der Waals surface area (Å²) in [5.74, 6) is 0.614. The van der Waals surface area contributed by atoms with Crippen LogP contribution in [0.25, 0.3) is 0 Å². The fraction of sp³-hybridized carbons (Fsp3) is 0.250. The number of hydrogen-bond donors (Lipinski definition) is 1. The second-order valence-corrected chi connectivity index (χ2v) is 5.35. The monoisotopic (exact) mass is 269 g/mol. The molecule has 2 heterocycles. The molecule has 17 heavy (non-hydrogen) atoms. The molecule has 5 heteroatoms. The summed E-state index contributed by atoms with van der Waals surface area (Å²) < 4.78 is 6.36. The molecular formula is C12H12ClNO2S. The topological polar surface area (TPSA) is 42.4 Å². The lowest BCUT2D eigenvalue weighted by Gasteiger charge is -2.08. The summed E-state index contributed by atoms with van der Waals surface area (Å²) in [6.07, 6.45) is 0. The van der Waals surface area contributed by atoms with E-state index >= 15 is 0 Å². The van der Waals surface area contributed by atoms with E-state index in [1.807, 2.05) is 31.2 Å². The summed E-state index contributed by atoms with van der Waals surface area (Å²) in [6, 6.07) is 7.44. The van der Waals surface area contributed by atoms with Crippen molar-refractivity contribution in [2.24, 2.45) is 0 Å². The van der Waals surface area contributed by atoms with Crippen LogP contribution in [0.4, 0.5) is 0 Å². The van der Waals surface area contributed by atoms with E-state index in [4.69, 9.17) is 16.3 Å². The van der Waals surface area contributed by atoms with Crippen LogP contribution in [-0.4, -0.2) is 10.1 Å². The number of thiophene rings is 1. The smallest absolute Gasteiger partial charge is 0.143 e. The largest absolute Gasteiger partial charge is 0.486 e. The summed E-state index contributed by atoms with van der Waals surface area (Å²) in [5, 5.41) is 9.18. The maximum Gasteiger partial charge on any atom is 0.143 e. The van der Waals surface area contributed by atoms with Crippen LogP contribution >= 0.6 is 22.9 Å². The van der Waals surface area contributed by atoms with E-state index in [0.29, 0.717) is 18.1 Å². The van der Waals surface area contributed by atoms with Crippen molar-refractivity contribution in [2.45, 2.75) is 20.1 Å². The van der Waals surface area contributed by atoms with E-state index in [2.05, 4.69) is 4.98 Å². The van der Waals surface area contributed by atoms with Crippen molar-refractivity contribution in [2.75, 3.05) is 0 Å². The first-order valence-electron chi connectivity index (χ1n) is 5.13. The average Bonchev–Trinajstić information content (AvgIpc) is 2.73. The van der Waals surface area contributed by atoms with Gasteiger partial charge in [-0.05, 0) is 31.2 Å². The first-order chi connectivity index (χ1) is 8.19. The molecule has 0 amide bonds. The molecule has 0 aliphatic rings. The molecule has 0 fully saturated rings. The van der Waals surface area contributed by atoms with Crippen LogP contribution in [0.1, 0.15) is 16.3 Å². The highest BCUT2D eigenvalue weighted by molar-refractivity contribution is 7.16. The van der Waals surface area contributed by atoms with Gasteiger partial charge in [0.25, 0.3) is 0 Å². The number of aryl methyl sites for hydroxylation is 1. The summed E-state index contributed by atoms with van der Waals surface area (Å²) in [6.45, 7) is 2.19. The van der Waals surface area contributed by atoms with Gasteiger partial charge in [0, 0.05) is 10.6 Å². The van der Waals surface area contributed by atoms with Crippen molar-refractivity contribution in [3.05, 3.63) is 44.9 Å². The Kier molecular flexibility index (Phi) is 3.99. The third kappa shape index (κ3) is 3.19. The van der Waals surface area contributed by atoms with Gasteiger partial charge >= 0.3 is 0 Å². The number of nitrogens with zero attached hydrogens (tertiary/aromatic N) is 1. The van der Waals surface area contributed by atoms with Gasteiger partial charge in [-0.2, -0.15) is 0 Å². The first kappa shape index (κ1) is 12.4. The quantitative estimate of drug-likeness (QED) is 0.927. The Hall–Kier alpha value is -1.10. The van der Waals surface area contributed by atoms with Crippen molar-refractivity contribution in [3.63, 3.8) is 0 Å². The average molecular weight is 270 g/mol. The molecule has 0 spiro atoms. The van der Waals surface area contributed by atoms with Crippen molar-refractivity contribution in [1.82, 2.24) is 4.98 Å². The number of pyridine rings is 1. The molecule has 2 rings (SSSR count). The van der Waals surface area contributed by atoms with Crippen LogP contribution in [0.3, 0.4) is 0 Å². The van der Waals surface area contributed by atoms with Crippen molar-refractivity contribution in [1.29, 1.82) is 0 Å². The SMILES string of the molecule is Cc1ccc(OCc2ccc(Cl)s2)c(CO)n1. The van der Waals surface area contributed by atoms with Gasteiger partial charge < -0.3 is 9.84 Å². The molecule has 0 radical (unpaired) electrons. The zero-order valence-corrected chi connectivity index (χ0v) is 10.9. The third-order valence-corrected chi connectivity index (χ3v) is 3.42. The van der Waals surface area contributed by atoms with Crippen LogP contribution in [0, 0.1) is 6.92 Å². The number of rotatable bonds is 4. The Labute approximate surface area is 109 Å². The van der Waals surface area contributed by atoms with E-state index in [9.17, 15) is 5.11 Å². The van der Waals surface area contributed by atoms with Gasteiger partial charge in [-0.25, -0.2) is 0 Å². The van der Waals surface area contributed by atoms with Crippen LogP contribution in [0.15, 0.2) is 24.3 Å². The third-order valence-electron chi connectivity index (χ3n) is 2.22. The van der Waals surface area contributed by atoms with Gasteiger partial charge in [0.15, 0.2) is 0 Å². The van der Waals surface area contributed by atoms with E-state index in [-0.39, 0.29) is 6.61 Å². The van der Waals surface area contributed by atoms with Crippen molar-refractivity contribution < 1.29 is 9.84 Å². The van der Waals surface area contributed by atoms with Crippen molar-refractivity contribution >= 4 is 22.9 Å². The summed E-state index contributed by atoms with van der Waals surface area (Å²) in [7, 11) is 0. The Morgan fingerprint density at radius 2 is 2.18 bits per heavy atom. The highest BCUT2D eigenvalue weighted by Gasteiger charge is 2.06. The van der Waals surface area contributed by atoms with E-state index < -0.39 is 0 Å². The van der Waals surface area contributed by atoms with E-state index in [0.717, 1.165) is 14.9 Å². The van der Waals surface area contributed by atoms with Gasteiger partial charge in [-0.3, -0.25) is 4.98 Å². The second-order valence-electron chi connectivity index (χ2n) is 3.55. The highest BCUT2D eigenvalue weighted by atomic mass is 35.5. The molecule has 0 atom stereocenters. The Balaban J connectivity index is 2.08. The molecule has 0 saturated carbocycles. The molecule has 1 N–H and O–H groups in total. The molecule has 0 aliphatic heterocycles. The minimum absolute atomic E-state index is 0.123. The maximum absolute atomic E-state index is 9.18. The van der Waals surface area contributed by atoms with Crippen molar-refractivity contribution in [3.8, 4) is 5.75 Å². The van der Waals surface area contributed by atoms with Gasteiger partial charge in [0.05, 0.1) is 10.9 Å². The summed E-state index contributed by atoms with van der Waals surface area (Å²) in [4.78, 5) is 5.25. The second kappa shape index (κ2) is 5.49. The van der Waals surface area contributed by atoms with Gasteiger partial charge in [0.2, 0.25) is 0 Å². The molecule has 0 bridgehead atoms. The van der Waals surface area contributed by atoms with Crippen LogP contribution < -0.4 is 4.74 Å². The summed E-state index contributed by atoms with van der Waals surface area (Å²) >= 11 is 7.31. The Morgan fingerprint density at radius 1 is 1.35 bits per heavy atom. The number of aromatic nitrogens is 1. The van der Waals surface area contributed by atoms with Gasteiger partial charge in [-0.15, -0.1) is 11.3 Å². The zero-order chi connectivity index (χ0) is 12.3. The molecule has 2 aromatic heterocycles. The fourth-order valence-electron chi connectivity index (χ4n) is 1.42. The number of aliphatic hydroxyl groups is 1.